The van der Waals surface area contributed by atoms with Gasteiger partial charge in [0.1, 0.15) is 34.3 Å². The fourth-order valence-corrected chi connectivity index (χ4v) is 6.95. The van der Waals surface area contributed by atoms with Crippen LogP contribution in [0.1, 0.15) is 90.1 Å². The molecule has 53 heavy (non-hydrogen) atoms. The van der Waals surface area contributed by atoms with Crippen LogP contribution in [-0.4, -0.2) is 64.0 Å². The number of piperazine rings is 1. The maximum absolute atomic E-state index is 14.7. The maximum Gasteiger partial charge on any atom is 0.240 e. The second-order valence-corrected chi connectivity index (χ2v) is 16.6. The molecule has 4 aromatic carbocycles. The molecule has 5 rings (SSSR count). The molecule has 1 saturated heterocycles. The van der Waals surface area contributed by atoms with E-state index in [0.717, 1.165) is 33.8 Å². The van der Waals surface area contributed by atoms with Gasteiger partial charge in [-0.2, -0.15) is 0 Å². The van der Waals surface area contributed by atoms with Gasteiger partial charge in [0.05, 0.1) is 12.1 Å². The normalized spacial score (nSPS) is 14.9. The molecule has 1 heterocycles. The number of amides is 1. The highest BCUT2D eigenvalue weighted by molar-refractivity contribution is 5.82. The number of halogens is 2. The van der Waals surface area contributed by atoms with E-state index in [2.05, 4.69) is 47.9 Å². The Bertz CT molecular complexity index is 1630. The standard InChI is InChI=1S/C45H57F2N3O3/c1-32(2)29-41(43(51)49-27-25-48(26-28-49)42(35-13-17-37(46)18-14-35)36-15-19-38(47)20-16-36)50(30-33-9-21-39(22-10-33)52-44(3,4)5)31-34-11-23-40(24-12-34)53-45(6,7)8/h9-24,32,41-42H,25-31H2,1-8H3/t41-/m0/s1. The second kappa shape index (κ2) is 17.3. The molecule has 1 atom stereocenters. The highest BCUT2D eigenvalue weighted by atomic mass is 19.1. The lowest BCUT2D eigenvalue weighted by atomic mass is 9.95. The van der Waals surface area contributed by atoms with Gasteiger partial charge in [0.25, 0.3) is 0 Å². The number of ether oxygens (including phenoxy) is 2. The van der Waals surface area contributed by atoms with Gasteiger partial charge in [-0.3, -0.25) is 14.6 Å². The highest BCUT2D eigenvalue weighted by Crippen LogP contribution is 2.31. The third-order valence-electron chi connectivity index (χ3n) is 9.25. The van der Waals surface area contributed by atoms with Gasteiger partial charge in [-0.05, 0) is 125 Å². The lowest BCUT2D eigenvalue weighted by Crippen LogP contribution is -2.55. The average molecular weight is 726 g/mol. The van der Waals surface area contributed by atoms with E-state index in [-0.39, 0.29) is 40.8 Å². The summed E-state index contributed by atoms with van der Waals surface area (Å²) in [5, 5.41) is 0. The van der Waals surface area contributed by atoms with Crippen LogP contribution in [-0.2, 0) is 17.9 Å². The van der Waals surface area contributed by atoms with Crippen molar-refractivity contribution in [3.05, 3.63) is 131 Å². The van der Waals surface area contributed by atoms with E-state index >= 15 is 0 Å². The van der Waals surface area contributed by atoms with Crippen molar-refractivity contribution in [2.24, 2.45) is 5.92 Å². The molecule has 0 spiro atoms. The van der Waals surface area contributed by atoms with Gasteiger partial charge >= 0.3 is 0 Å². The van der Waals surface area contributed by atoms with Crippen LogP contribution >= 0.6 is 0 Å². The molecule has 6 nitrogen and oxygen atoms in total. The van der Waals surface area contributed by atoms with Crippen LogP contribution in [0.2, 0.25) is 0 Å². The Morgan fingerprint density at radius 1 is 0.642 bits per heavy atom. The summed E-state index contributed by atoms with van der Waals surface area (Å²) in [5.74, 6) is 1.44. The summed E-state index contributed by atoms with van der Waals surface area (Å²) in [4.78, 5) is 21.3. The first-order chi connectivity index (χ1) is 25.0. The van der Waals surface area contributed by atoms with Gasteiger partial charge in [0.15, 0.2) is 0 Å². The first-order valence-electron chi connectivity index (χ1n) is 18.9. The summed E-state index contributed by atoms with van der Waals surface area (Å²) < 4.78 is 40.0. The molecule has 0 bridgehead atoms. The Kier molecular flexibility index (Phi) is 13.0. The molecule has 0 saturated carbocycles. The van der Waals surface area contributed by atoms with E-state index in [1.54, 1.807) is 24.3 Å². The summed E-state index contributed by atoms with van der Waals surface area (Å²) in [6.45, 7) is 20.1. The minimum atomic E-state index is -0.345. The molecule has 0 unspecified atom stereocenters. The van der Waals surface area contributed by atoms with Crippen LogP contribution in [0.4, 0.5) is 8.78 Å². The molecule has 0 aliphatic carbocycles. The van der Waals surface area contributed by atoms with Crippen molar-refractivity contribution in [3.8, 4) is 11.5 Å². The Balaban J connectivity index is 1.38. The summed E-state index contributed by atoms with van der Waals surface area (Å²) in [6.07, 6.45) is 0.712. The lowest BCUT2D eigenvalue weighted by molar-refractivity contribution is -0.140. The van der Waals surface area contributed by atoms with Crippen molar-refractivity contribution in [2.45, 2.75) is 98.2 Å². The van der Waals surface area contributed by atoms with Gasteiger partial charge in [-0.15, -0.1) is 0 Å². The number of carbonyl (C=O) groups excluding carboxylic acids is 1. The molecular formula is C45H57F2N3O3. The van der Waals surface area contributed by atoms with E-state index < -0.39 is 0 Å². The zero-order valence-corrected chi connectivity index (χ0v) is 32.7. The summed E-state index contributed by atoms with van der Waals surface area (Å²) in [5.41, 5.74) is 3.47. The van der Waals surface area contributed by atoms with Gasteiger partial charge in [0, 0.05) is 39.3 Å². The van der Waals surface area contributed by atoms with Crippen molar-refractivity contribution in [3.63, 3.8) is 0 Å². The number of benzene rings is 4. The molecule has 0 N–H and O–H groups in total. The second-order valence-electron chi connectivity index (χ2n) is 16.6. The zero-order chi connectivity index (χ0) is 38.3. The molecule has 0 radical (unpaired) electrons. The van der Waals surface area contributed by atoms with Crippen LogP contribution in [0, 0.1) is 17.6 Å². The monoisotopic (exact) mass is 725 g/mol. The van der Waals surface area contributed by atoms with Crippen molar-refractivity contribution in [1.29, 1.82) is 0 Å². The molecule has 4 aromatic rings. The SMILES string of the molecule is CC(C)C[C@@H](C(=O)N1CCN(C(c2ccc(F)cc2)c2ccc(F)cc2)CC1)N(Cc1ccc(OC(C)(C)C)cc1)Cc1ccc(OC(C)(C)C)cc1. The van der Waals surface area contributed by atoms with Crippen molar-refractivity contribution in [2.75, 3.05) is 26.2 Å². The fourth-order valence-electron chi connectivity index (χ4n) is 6.95. The fraction of sp³-hybridized carbons (Fsp3) is 0.444. The molecule has 1 aliphatic rings. The minimum Gasteiger partial charge on any atom is -0.488 e. The van der Waals surface area contributed by atoms with Gasteiger partial charge in [-0.1, -0.05) is 62.4 Å². The third kappa shape index (κ3) is 11.9. The Labute approximate surface area is 315 Å². The molecule has 1 aliphatic heterocycles. The molecule has 1 fully saturated rings. The molecule has 284 valence electrons. The third-order valence-corrected chi connectivity index (χ3v) is 9.25. The Morgan fingerprint density at radius 3 is 1.40 bits per heavy atom. The van der Waals surface area contributed by atoms with Crippen LogP contribution in [0.5, 0.6) is 11.5 Å². The number of rotatable bonds is 13. The summed E-state index contributed by atoms with van der Waals surface area (Å²) in [7, 11) is 0. The molecular weight excluding hydrogens is 669 g/mol. The molecule has 8 heteroatoms. The number of hydrogen-bond acceptors (Lipinski definition) is 5. The Morgan fingerprint density at radius 2 is 1.04 bits per heavy atom. The van der Waals surface area contributed by atoms with Crippen LogP contribution < -0.4 is 9.47 Å². The zero-order valence-electron chi connectivity index (χ0n) is 32.7. The summed E-state index contributed by atoms with van der Waals surface area (Å²) >= 11 is 0. The summed E-state index contributed by atoms with van der Waals surface area (Å²) in [6, 6.07) is 28.9. The Hall–Kier alpha value is -4.27. The van der Waals surface area contributed by atoms with Gasteiger partial charge in [-0.25, -0.2) is 8.78 Å². The van der Waals surface area contributed by atoms with E-state index in [1.807, 2.05) is 70.7 Å². The van der Waals surface area contributed by atoms with Crippen molar-refractivity contribution in [1.82, 2.24) is 14.7 Å². The minimum absolute atomic E-state index is 0.124. The highest BCUT2D eigenvalue weighted by Gasteiger charge is 2.34. The molecule has 1 amide bonds. The predicted octanol–water partition coefficient (Wildman–Crippen LogP) is 9.67. The van der Waals surface area contributed by atoms with Gasteiger partial charge < -0.3 is 14.4 Å². The largest absolute Gasteiger partial charge is 0.488 e. The van der Waals surface area contributed by atoms with Crippen LogP contribution in [0.25, 0.3) is 0 Å². The number of hydrogen-bond donors (Lipinski definition) is 0. The van der Waals surface area contributed by atoms with Crippen LogP contribution in [0.15, 0.2) is 97.1 Å². The predicted molar refractivity (Wildman–Crippen MR) is 209 cm³/mol. The smallest absolute Gasteiger partial charge is 0.240 e. The van der Waals surface area contributed by atoms with E-state index in [0.29, 0.717) is 51.6 Å². The quantitative estimate of drug-likeness (QED) is 0.137. The van der Waals surface area contributed by atoms with E-state index in [9.17, 15) is 13.6 Å². The van der Waals surface area contributed by atoms with E-state index in [1.165, 1.54) is 24.3 Å². The van der Waals surface area contributed by atoms with Crippen molar-refractivity contribution < 1.29 is 23.0 Å². The maximum atomic E-state index is 14.7. The molecule has 0 aromatic heterocycles. The first kappa shape index (κ1) is 39.9. The van der Waals surface area contributed by atoms with Crippen molar-refractivity contribution >= 4 is 5.91 Å². The van der Waals surface area contributed by atoms with E-state index in [4.69, 9.17) is 9.47 Å². The average Bonchev–Trinajstić information content (AvgIpc) is 3.09. The topological polar surface area (TPSA) is 45.3 Å². The van der Waals surface area contributed by atoms with Crippen LogP contribution in [0.3, 0.4) is 0 Å². The first-order valence-corrected chi connectivity index (χ1v) is 18.9. The lowest BCUT2D eigenvalue weighted by Gasteiger charge is -2.42. The number of nitrogens with zero attached hydrogens (tertiary/aromatic N) is 3. The number of carbonyl (C=O) groups is 1. The van der Waals surface area contributed by atoms with Gasteiger partial charge in [0.2, 0.25) is 5.91 Å².